The van der Waals surface area contributed by atoms with Crippen molar-refractivity contribution in [1.82, 2.24) is 9.97 Å². The monoisotopic (exact) mass is 252 g/mol. The number of benzene rings is 1. The number of nitrogens with zero attached hydrogens (tertiary/aromatic N) is 3. The van der Waals surface area contributed by atoms with Crippen LogP contribution in [0, 0.1) is 18.3 Å². The third kappa shape index (κ3) is 2.89. The highest BCUT2D eigenvalue weighted by Gasteiger charge is 2.10. The lowest BCUT2D eigenvalue weighted by Gasteiger charge is -2.16. The molecule has 19 heavy (non-hydrogen) atoms. The van der Waals surface area contributed by atoms with Gasteiger partial charge in [-0.05, 0) is 30.0 Å². The van der Waals surface area contributed by atoms with Gasteiger partial charge >= 0.3 is 0 Å². The van der Waals surface area contributed by atoms with E-state index in [1.54, 1.807) is 12.3 Å². The van der Waals surface area contributed by atoms with Crippen LogP contribution in [0.3, 0.4) is 0 Å². The van der Waals surface area contributed by atoms with Crippen LogP contribution >= 0.6 is 0 Å². The maximum atomic E-state index is 8.86. The van der Waals surface area contributed by atoms with E-state index in [2.05, 4.69) is 35.2 Å². The number of aryl methyl sites for hydroxylation is 1. The summed E-state index contributed by atoms with van der Waals surface area (Å²) in [6.07, 6.45) is 1.58. The van der Waals surface area contributed by atoms with Crippen LogP contribution in [0.5, 0.6) is 0 Å². The molecular formula is C15H16N4. The Kier molecular flexibility index (Phi) is 3.76. The zero-order valence-corrected chi connectivity index (χ0v) is 11.3. The largest absolute Gasteiger partial charge is 0.324 e. The van der Waals surface area contributed by atoms with Crippen molar-refractivity contribution in [2.45, 2.75) is 26.7 Å². The summed E-state index contributed by atoms with van der Waals surface area (Å²) in [4.78, 5) is 8.30. The molecule has 0 spiro atoms. The standard InChI is InChI=1S/C15H16N4/c1-10(2)13-6-4-5-11(3)14(13)19-15-17-8-7-12(9-16)18-15/h4-8,10H,1-3H3,(H,17,18,19). The van der Waals surface area contributed by atoms with E-state index in [0.717, 1.165) is 11.3 Å². The van der Waals surface area contributed by atoms with Gasteiger partial charge in [0.15, 0.2) is 0 Å². The number of nitrogens with one attached hydrogen (secondary N) is 1. The van der Waals surface area contributed by atoms with Crippen molar-refractivity contribution in [3.63, 3.8) is 0 Å². The molecule has 0 atom stereocenters. The molecule has 1 aromatic carbocycles. The molecule has 2 aromatic rings. The van der Waals surface area contributed by atoms with E-state index >= 15 is 0 Å². The molecule has 0 unspecified atom stereocenters. The number of anilines is 2. The zero-order valence-electron chi connectivity index (χ0n) is 11.3. The van der Waals surface area contributed by atoms with Crippen LogP contribution < -0.4 is 5.32 Å². The van der Waals surface area contributed by atoms with E-state index in [-0.39, 0.29) is 0 Å². The molecular weight excluding hydrogens is 236 g/mol. The SMILES string of the molecule is Cc1cccc(C(C)C)c1Nc1nccc(C#N)n1. The van der Waals surface area contributed by atoms with Crippen molar-refractivity contribution >= 4 is 11.6 Å². The molecule has 0 aliphatic heterocycles. The van der Waals surface area contributed by atoms with E-state index < -0.39 is 0 Å². The molecule has 0 aliphatic rings. The number of hydrogen-bond acceptors (Lipinski definition) is 4. The van der Waals surface area contributed by atoms with Gasteiger partial charge < -0.3 is 5.32 Å². The molecule has 4 nitrogen and oxygen atoms in total. The van der Waals surface area contributed by atoms with Crippen LogP contribution in [-0.2, 0) is 0 Å². The molecule has 0 amide bonds. The van der Waals surface area contributed by atoms with Gasteiger partial charge in [-0.3, -0.25) is 0 Å². The quantitative estimate of drug-likeness (QED) is 0.907. The lowest BCUT2D eigenvalue weighted by Crippen LogP contribution is -2.03. The molecule has 0 aliphatic carbocycles. The minimum Gasteiger partial charge on any atom is -0.324 e. The Morgan fingerprint density at radius 3 is 2.74 bits per heavy atom. The Bertz CT molecular complexity index is 626. The molecule has 0 saturated carbocycles. The molecule has 4 heteroatoms. The van der Waals surface area contributed by atoms with Gasteiger partial charge in [-0.15, -0.1) is 0 Å². The summed E-state index contributed by atoms with van der Waals surface area (Å²) in [5.41, 5.74) is 3.73. The van der Waals surface area contributed by atoms with Gasteiger partial charge in [0.2, 0.25) is 5.95 Å². The van der Waals surface area contributed by atoms with Gasteiger partial charge in [0.1, 0.15) is 11.8 Å². The molecule has 1 heterocycles. The Balaban J connectivity index is 2.40. The summed E-state index contributed by atoms with van der Waals surface area (Å²) in [5.74, 6) is 0.858. The minimum absolute atomic E-state index is 0.359. The molecule has 0 saturated heterocycles. The van der Waals surface area contributed by atoms with Gasteiger partial charge in [-0.25, -0.2) is 9.97 Å². The molecule has 1 N–H and O–H groups in total. The third-order valence-electron chi connectivity index (χ3n) is 2.93. The second kappa shape index (κ2) is 5.49. The minimum atomic E-state index is 0.359. The Morgan fingerprint density at radius 1 is 1.26 bits per heavy atom. The number of rotatable bonds is 3. The highest BCUT2D eigenvalue weighted by atomic mass is 15.1. The smallest absolute Gasteiger partial charge is 0.228 e. The maximum absolute atomic E-state index is 8.86. The number of nitriles is 1. The van der Waals surface area contributed by atoms with Gasteiger partial charge in [0.05, 0.1) is 0 Å². The molecule has 1 aromatic heterocycles. The van der Waals surface area contributed by atoms with Gasteiger partial charge in [0, 0.05) is 11.9 Å². The predicted octanol–water partition coefficient (Wildman–Crippen LogP) is 3.52. The van der Waals surface area contributed by atoms with Crippen molar-refractivity contribution in [3.8, 4) is 6.07 Å². The molecule has 96 valence electrons. The average Bonchev–Trinajstić information content (AvgIpc) is 2.41. The molecule has 2 rings (SSSR count). The molecule has 0 radical (unpaired) electrons. The summed E-state index contributed by atoms with van der Waals surface area (Å²) in [5, 5.41) is 12.1. The van der Waals surface area contributed by atoms with Gasteiger partial charge in [0.25, 0.3) is 0 Å². The van der Waals surface area contributed by atoms with E-state index in [1.165, 1.54) is 5.56 Å². The fraction of sp³-hybridized carbons (Fsp3) is 0.267. The first-order valence-electron chi connectivity index (χ1n) is 6.21. The van der Waals surface area contributed by atoms with E-state index in [4.69, 9.17) is 5.26 Å². The predicted molar refractivity (Wildman–Crippen MR) is 75.3 cm³/mol. The summed E-state index contributed by atoms with van der Waals surface area (Å²) >= 11 is 0. The van der Waals surface area contributed by atoms with Crippen LogP contribution in [0.2, 0.25) is 0 Å². The Labute approximate surface area is 113 Å². The Hall–Kier alpha value is -2.41. The second-order valence-corrected chi connectivity index (χ2v) is 4.70. The summed E-state index contributed by atoms with van der Waals surface area (Å²) in [6, 6.07) is 9.78. The summed E-state index contributed by atoms with van der Waals surface area (Å²) < 4.78 is 0. The molecule has 0 fully saturated rings. The van der Waals surface area contributed by atoms with Crippen molar-refractivity contribution in [2.75, 3.05) is 5.32 Å². The zero-order chi connectivity index (χ0) is 13.8. The highest BCUT2D eigenvalue weighted by Crippen LogP contribution is 2.29. The van der Waals surface area contributed by atoms with E-state index in [9.17, 15) is 0 Å². The second-order valence-electron chi connectivity index (χ2n) is 4.70. The van der Waals surface area contributed by atoms with Crippen molar-refractivity contribution in [3.05, 3.63) is 47.3 Å². The summed E-state index contributed by atoms with van der Waals surface area (Å²) in [6.45, 7) is 6.33. The highest BCUT2D eigenvalue weighted by molar-refractivity contribution is 5.64. The summed E-state index contributed by atoms with van der Waals surface area (Å²) in [7, 11) is 0. The van der Waals surface area contributed by atoms with Crippen molar-refractivity contribution in [2.24, 2.45) is 0 Å². The van der Waals surface area contributed by atoms with E-state index in [0.29, 0.717) is 17.6 Å². The first-order chi connectivity index (χ1) is 9.11. The van der Waals surface area contributed by atoms with Crippen LogP contribution in [0.4, 0.5) is 11.6 Å². The normalized spacial score (nSPS) is 10.3. The lowest BCUT2D eigenvalue weighted by molar-refractivity contribution is 0.866. The Morgan fingerprint density at radius 2 is 2.05 bits per heavy atom. The third-order valence-corrected chi connectivity index (χ3v) is 2.93. The van der Waals surface area contributed by atoms with E-state index in [1.807, 2.05) is 25.1 Å². The maximum Gasteiger partial charge on any atom is 0.228 e. The first kappa shape index (κ1) is 13.0. The molecule has 0 bridgehead atoms. The fourth-order valence-corrected chi connectivity index (χ4v) is 1.94. The number of hydrogen-bond donors (Lipinski definition) is 1. The average molecular weight is 252 g/mol. The lowest BCUT2D eigenvalue weighted by atomic mass is 9.98. The van der Waals surface area contributed by atoms with Crippen LogP contribution in [0.1, 0.15) is 36.6 Å². The number of aromatic nitrogens is 2. The van der Waals surface area contributed by atoms with Gasteiger partial charge in [-0.1, -0.05) is 32.0 Å². The van der Waals surface area contributed by atoms with Crippen LogP contribution in [0.15, 0.2) is 30.5 Å². The first-order valence-corrected chi connectivity index (χ1v) is 6.21. The topological polar surface area (TPSA) is 61.6 Å². The van der Waals surface area contributed by atoms with Crippen molar-refractivity contribution in [1.29, 1.82) is 5.26 Å². The van der Waals surface area contributed by atoms with Crippen LogP contribution in [0.25, 0.3) is 0 Å². The van der Waals surface area contributed by atoms with Gasteiger partial charge in [-0.2, -0.15) is 5.26 Å². The van der Waals surface area contributed by atoms with Crippen molar-refractivity contribution < 1.29 is 0 Å². The number of para-hydroxylation sites is 1. The fourth-order valence-electron chi connectivity index (χ4n) is 1.94. The van der Waals surface area contributed by atoms with Crippen LogP contribution in [-0.4, -0.2) is 9.97 Å².